The summed E-state index contributed by atoms with van der Waals surface area (Å²) in [5, 5.41) is 11.8. The van der Waals surface area contributed by atoms with Crippen molar-refractivity contribution in [1.29, 1.82) is 0 Å². The van der Waals surface area contributed by atoms with Gasteiger partial charge in [-0.2, -0.15) is 0 Å². The maximum atomic E-state index is 14.5. The zero-order valence-electron chi connectivity index (χ0n) is 25.0. The molecule has 1 aliphatic heterocycles. The second kappa shape index (κ2) is 12.6. The molecule has 0 spiro atoms. The number of rotatable bonds is 9. The number of nitro benzene ring substituents is 1. The van der Waals surface area contributed by atoms with E-state index in [0.29, 0.717) is 19.5 Å². The molecule has 8 nitrogen and oxygen atoms in total. The SMILES string of the molecule is COc1ccc(CN2Cc3cc([N+](=O)[O-])ccc3N(Cc3ccccc3)[C@@H](Cc3ccc(OC(C)(C)C)cc3)C2=O)cc1. The maximum absolute atomic E-state index is 14.5. The average Bonchev–Trinajstić information content (AvgIpc) is 3.08. The van der Waals surface area contributed by atoms with Crippen LogP contribution in [-0.4, -0.2) is 34.5 Å². The zero-order valence-corrected chi connectivity index (χ0v) is 25.0. The lowest BCUT2D eigenvalue weighted by Crippen LogP contribution is -2.47. The third-order valence-corrected chi connectivity index (χ3v) is 7.42. The van der Waals surface area contributed by atoms with Crippen LogP contribution in [0.3, 0.4) is 0 Å². The predicted octanol–water partition coefficient (Wildman–Crippen LogP) is 6.94. The van der Waals surface area contributed by atoms with Gasteiger partial charge in [-0.3, -0.25) is 14.9 Å². The molecule has 0 N–H and O–H groups in total. The summed E-state index contributed by atoms with van der Waals surface area (Å²) in [6.45, 7) is 7.11. The van der Waals surface area contributed by atoms with Crippen molar-refractivity contribution >= 4 is 17.3 Å². The third kappa shape index (κ3) is 7.33. The molecule has 4 aromatic rings. The Labute approximate surface area is 252 Å². The number of fused-ring (bicyclic) bond motifs is 1. The molecule has 1 atom stereocenters. The van der Waals surface area contributed by atoms with E-state index in [1.54, 1.807) is 24.1 Å². The summed E-state index contributed by atoms with van der Waals surface area (Å²) in [7, 11) is 1.62. The van der Waals surface area contributed by atoms with Crippen LogP contribution in [0, 0.1) is 10.1 Å². The zero-order chi connectivity index (χ0) is 30.6. The van der Waals surface area contributed by atoms with Gasteiger partial charge >= 0.3 is 0 Å². The Morgan fingerprint density at radius 1 is 0.837 bits per heavy atom. The smallest absolute Gasteiger partial charge is 0.269 e. The number of nitro groups is 1. The highest BCUT2D eigenvalue weighted by Gasteiger charge is 2.36. The van der Waals surface area contributed by atoms with Gasteiger partial charge in [0.05, 0.1) is 12.0 Å². The Morgan fingerprint density at radius 2 is 1.47 bits per heavy atom. The standard InChI is InChI=1S/C35H37N3O5/c1-35(2,3)43-31-17-10-25(11-18-31)20-33-34(39)36(22-27-12-15-30(42-4)16-13-27)24-28-21-29(38(40)41)14-19-32(28)37(33)23-26-8-6-5-7-9-26/h5-19,21,33H,20,22-24H2,1-4H3/t33-/m0/s1. The van der Waals surface area contributed by atoms with Crippen molar-refractivity contribution in [3.05, 3.63) is 129 Å². The van der Waals surface area contributed by atoms with E-state index in [1.807, 2.05) is 99.6 Å². The van der Waals surface area contributed by atoms with Crippen LogP contribution in [0.15, 0.2) is 97.1 Å². The van der Waals surface area contributed by atoms with Gasteiger partial charge < -0.3 is 19.3 Å². The Morgan fingerprint density at radius 3 is 2.09 bits per heavy atom. The fourth-order valence-corrected chi connectivity index (χ4v) is 5.42. The van der Waals surface area contributed by atoms with Crippen molar-refractivity contribution in [3.63, 3.8) is 0 Å². The second-order valence-corrected chi connectivity index (χ2v) is 11.8. The fourth-order valence-electron chi connectivity index (χ4n) is 5.42. The number of benzene rings is 4. The molecular weight excluding hydrogens is 542 g/mol. The van der Waals surface area contributed by atoms with Gasteiger partial charge in [0.25, 0.3) is 5.69 Å². The topological polar surface area (TPSA) is 85.2 Å². The van der Waals surface area contributed by atoms with Crippen molar-refractivity contribution in [3.8, 4) is 11.5 Å². The van der Waals surface area contributed by atoms with Gasteiger partial charge in [-0.15, -0.1) is 0 Å². The van der Waals surface area contributed by atoms with Crippen molar-refractivity contribution in [2.24, 2.45) is 0 Å². The van der Waals surface area contributed by atoms with Gasteiger partial charge in [-0.1, -0.05) is 54.6 Å². The molecule has 8 heteroatoms. The molecule has 0 fully saturated rings. The van der Waals surface area contributed by atoms with E-state index < -0.39 is 6.04 Å². The van der Waals surface area contributed by atoms with Gasteiger partial charge in [-0.05, 0) is 67.8 Å². The normalized spacial score (nSPS) is 15.1. The number of nitrogens with zero attached hydrogens (tertiary/aromatic N) is 3. The van der Waals surface area contributed by atoms with Crippen LogP contribution >= 0.6 is 0 Å². The molecule has 0 aliphatic carbocycles. The van der Waals surface area contributed by atoms with Gasteiger partial charge in [0.15, 0.2) is 0 Å². The van der Waals surface area contributed by atoms with E-state index in [2.05, 4.69) is 4.90 Å². The van der Waals surface area contributed by atoms with Crippen molar-refractivity contribution in [2.45, 2.75) is 58.5 Å². The van der Waals surface area contributed by atoms with Crippen LogP contribution in [0.1, 0.15) is 43.0 Å². The van der Waals surface area contributed by atoms with Gasteiger partial charge in [0.2, 0.25) is 5.91 Å². The van der Waals surface area contributed by atoms with Gasteiger partial charge in [-0.25, -0.2) is 0 Å². The minimum atomic E-state index is -0.546. The predicted molar refractivity (Wildman–Crippen MR) is 167 cm³/mol. The number of methoxy groups -OCH3 is 1. The minimum absolute atomic E-state index is 0.00291. The molecule has 43 heavy (non-hydrogen) atoms. The number of carbonyl (C=O) groups excluding carboxylic acids is 1. The first-order chi connectivity index (χ1) is 20.6. The van der Waals surface area contributed by atoms with E-state index in [4.69, 9.17) is 9.47 Å². The highest BCUT2D eigenvalue weighted by Crippen LogP contribution is 2.35. The molecular formula is C35H37N3O5. The number of non-ortho nitro benzene ring substituents is 1. The Hall–Kier alpha value is -4.85. The number of hydrogen-bond donors (Lipinski definition) is 0. The van der Waals surface area contributed by atoms with Crippen LogP contribution < -0.4 is 14.4 Å². The van der Waals surface area contributed by atoms with Gasteiger partial charge in [0.1, 0.15) is 23.1 Å². The highest BCUT2D eigenvalue weighted by molar-refractivity contribution is 5.88. The minimum Gasteiger partial charge on any atom is -0.497 e. The summed E-state index contributed by atoms with van der Waals surface area (Å²) in [5.41, 5.74) is 4.22. The number of ether oxygens (including phenoxy) is 2. The number of hydrogen-bond acceptors (Lipinski definition) is 6. The summed E-state index contributed by atoms with van der Waals surface area (Å²) in [6.07, 6.45) is 0.455. The van der Waals surface area contributed by atoms with Crippen LogP contribution in [0.5, 0.6) is 11.5 Å². The maximum Gasteiger partial charge on any atom is 0.269 e. The average molecular weight is 580 g/mol. The largest absolute Gasteiger partial charge is 0.497 e. The summed E-state index contributed by atoms with van der Waals surface area (Å²) >= 11 is 0. The highest BCUT2D eigenvalue weighted by atomic mass is 16.6. The van der Waals surface area contributed by atoms with Crippen LogP contribution in [0.4, 0.5) is 11.4 Å². The molecule has 0 radical (unpaired) electrons. The first-order valence-electron chi connectivity index (χ1n) is 14.4. The molecule has 1 heterocycles. The molecule has 1 amide bonds. The van der Waals surface area contributed by atoms with E-state index in [1.165, 1.54) is 6.07 Å². The van der Waals surface area contributed by atoms with Gasteiger partial charge in [0, 0.05) is 49.4 Å². The second-order valence-electron chi connectivity index (χ2n) is 11.8. The third-order valence-electron chi connectivity index (χ3n) is 7.42. The lowest BCUT2D eigenvalue weighted by molar-refractivity contribution is -0.384. The Kier molecular flexibility index (Phi) is 8.66. The molecule has 0 bridgehead atoms. The quantitative estimate of drug-likeness (QED) is 0.158. The summed E-state index contributed by atoms with van der Waals surface area (Å²) in [6, 6.07) is 29.9. The molecule has 0 saturated carbocycles. The Balaban J connectivity index is 1.56. The van der Waals surface area contributed by atoms with E-state index in [0.717, 1.165) is 39.4 Å². The molecule has 222 valence electrons. The number of carbonyl (C=O) groups is 1. The molecule has 4 aromatic carbocycles. The summed E-state index contributed by atoms with van der Waals surface area (Å²) in [5.74, 6) is 1.46. The van der Waals surface area contributed by atoms with Crippen LogP contribution in [0.25, 0.3) is 0 Å². The lowest BCUT2D eigenvalue weighted by atomic mass is 10.0. The molecule has 1 aliphatic rings. The summed E-state index contributed by atoms with van der Waals surface area (Å²) in [4.78, 5) is 29.8. The summed E-state index contributed by atoms with van der Waals surface area (Å²) < 4.78 is 11.3. The molecule has 0 unspecified atom stereocenters. The first kappa shape index (κ1) is 29.6. The van der Waals surface area contributed by atoms with E-state index >= 15 is 0 Å². The molecule has 0 saturated heterocycles. The molecule has 5 rings (SSSR count). The van der Waals surface area contributed by atoms with Crippen LogP contribution in [0.2, 0.25) is 0 Å². The van der Waals surface area contributed by atoms with Crippen molar-refractivity contribution in [1.82, 2.24) is 4.90 Å². The number of amides is 1. The van der Waals surface area contributed by atoms with Crippen molar-refractivity contribution in [2.75, 3.05) is 12.0 Å². The monoisotopic (exact) mass is 579 g/mol. The van der Waals surface area contributed by atoms with Crippen molar-refractivity contribution < 1.29 is 19.2 Å². The molecule has 0 aromatic heterocycles. The Bertz CT molecular complexity index is 1560. The first-order valence-corrected chi connectivity index (χ1v) is 14.4. The fraction of sp³-hybridized carbons (Fsp3) is 0.286. The van der Waals surface area contributed by atoms with E-state index in [9.17, 15) is 14.9 Å². The lowest BCUT2D eigenvalue weighted by Gasteiger charge is -2.33. The number of anilines is 1. The van der Waals surface area contributed by atoms with Crippen LogP contribution in [-0.2, 0) is 30.8 Å². The van der Waals surface area contributed by atoms with E-state index in [-0.39, 0.29) is 28.7 Å².